The minimum absolute atomic E-state index is 0.102. The van der Waals surface area contributed by atoms with E-state index in [1.165, 1.54) is 6.92 Å². The third kappa shape index (κ3) is 1.59. The molecule has 0 atom stereocenters. The van der Waals surface area contributed by atoms with Crippen LogP contribution >= 0.6 is 11.6 Å². The van der Waals surface area contributed by atoms with Gasteiger partial charge in [-0.2, -0.15) is 0 Å². The number of amides is 1. The summed E-state index contributed by atoms with van der Waals surface area (Å²) in [5.41, 5.74) is 1.66. The molecule has 0 saturated carbocycles. The maximum Gasteiger partial charge on any atom is 0.221 e. The van der Waals surface area contributed by atoms with Crippen LogP contribution in [0.5, 0.6) is 0 Å². The highest BCUT2D eigenvalue weighted by atomic mass is 35.5. The first-order valence-electron chi connectivity index (χ1n) is 4.21. The number of nitrogens with one attached hydrogen (secondary N) is 2. The Kier molecular flexibility index (Phi) is 2.17. The molecule has 0 fully saturated rings. The van der Waals surface area contributed by atoms with Crippen LogP contribution in [0.1, 0.15) is 6.92 Å². The van der Waals surface area contributed by atoms with Crippen LogP contribution in [0.2, 0.25) is 5.02 Å². The van der Waals surface area contributed by atoms with E-state index in [1.54, 1.807) is 6.07 Å². The Morgan fingerprint density at radius 1 is 1.50 bits per heavy atom. The number of fused-ring (bicyclic) bond motifs is 1. The molecule has 1 heterocycles. The van der Waals surface area contributed by atoms with E-state index in [0.717, 1.165) is 16.6 Å². The van der Waals surface area contributed by atoms with Crippen LogP contribution in [-0.2, 0) is 4.79 Å². The molecule has 0 spiro atoms. The van der Waals surface area contributed by atoms with Gasteiger partial charge in [-0.1, -0.05) is 11.6 Å². The number of H-pyrrole nitrogens is 1. The highest BCUT2D eigenvalue weighted by Gasteiger charge is 2.04. The predicted molar refractivity (Wildman–Crippen MR) is 57.6 cm³/mol. The summed E-state index contributed by atoms with van der Waals surface area (Å²) < 4.78 is 0. The number of rotatable bonds is 1. The molecule has 1 amide bonds. The van der Waals surface area contributed by atoms with Crippen molar-refractivity contribution >= 4 is 34.1 Å². The molecule has 1 aromatic carbocycles. The average Bonchev–Trinajstić information content (AvgIpc) is 2.50. The van der Waals surface area contributed by atoms with Gasteiger partial charge < -0.3 is 10.3 Å². The molecule has 4 heteroatoms. The first-order valence-corrected chi connectivity index (χ1v) is 4.59. The Morgan fingerprint density at radius 3 is 3.00 bits per heavy atom. The van der Waals surface area contributed by atoms with Crippen molar-refractivity contribution in [3.63, 3.8) is 0 Å². The Labute approximate surface area is 86.1 Å². The first kappa shape index (κ1) is 9.09. The minimum Gasteiger partial charge on any atom is -0.361 e. The minimum atomic E-state index is -0.102. The number of aromatic nitrogens is 1. The summed E-state index contributed by atoms with van der Waals surface area (Å²) in [5, 5.41) is 4.29. The molecule has 14 heavy (non-hydrogen) atoms. The zero-order valence-electron chi connectivity index (χ0n) is 7.60. The van der Waals surface area contributed by atoms with Crippen molar-refractivity contribution in [2.75, 3.05) is 5.32 Å². The maximum absolute atomic E-state index is 10.9. The Morgan fingerprint density at radius 2 is 2.29 bits per heavy atom. The highest BCUT2D eigenvalue weighted by Crippen LogP contribution is 2.27. The van der Waals surface area contributed by atoms with Crippen LogP contribution in [0.25, 0.3) is 10.9 Å². The van der Waals surface area contributed by atoms with E-state index in [0.29, 0.717) is 5.02 Å². The number of aromatic amines is 1. The van der Waals surface area contributed by atoms with Crippen molar-refractivity contribution in [2.45, 2.75) is 6.92 Å². The van der Waals surface area contributed by atoms with Gasteiger partial charge in [0.05, 0.1) is 5.69 Å². The van der Waals surface area contributed by atoms with Crippen molar-refractivity contribution in [3.8, 4) is 0 Å². The lowest BCUT2D eigenvalue weighted by molar-refractivity contribution is -0.114. The van der Waals surface area contributed by atoms with E-state index in [-0.39, 0.29) is 5.91 Å². The number of carbonyl (C=O) groups excluding carboxylic acids is 1. The van der Waals surface area contributed by atoms with Gasteiger partial charge in [0.15, 0.2) is 0 Å². The number of halogens is 1. The summed E-state index contributed by atoms with van der Waals surface area (Å²) in [4.78, 5) is 14.0. The van der Waals surface area contributed by atoms with Gasteiger partial charge in [-0.25, -0.2) is 0 Å². The molecular formula is C10H9ClN2O. The standard InChI is InChI=1S/C10H9ClN2O/c1-6(14)13-10-5-7(11)4-9-8(10)2-3-12-9/h2-5,12H,1H3,(H,13,14). The van der Waals surface area contributed by atoms with Gasteiger partial charge in [-0.3, -0.25) is 4.79 Å². The lowest BCUT2D eigenvalue weighted by atomic mass is 10.2. The van der Waals surface area contributed by atoms with Gasteiger partial charge >= 0.3 is 0 Å². The van der Waals surface area contributed by atoms with E-state index in [1.807, 2.05) is 18.3 Å². The van der Waals surface area contributed by atoms with E-state index in [9.17, 15) is 4.79 Å². The zero-order chi connectivity index (χ0) is 10.1. The van der Waals surface area contributed by atoms with Crippen molar-refractivity contribution in [2.24, 2.45) is 0 Å². The van der Waals surface area contributed by atoms with E-state index in [2.05, 4.69) is 10.3 Å². The summed E-state index contributed by atoms with van der Waals surface area (Å²) in [7, 11) is 0. The summed E-state index contributed by atoms with van der Waals surface area (Å²) in [6, 6.07) is 5.46. The third-order valence-electron chi connectivity index (χ3n) is 1.94. The SMILES string of the molecule is CC(=O)Nc1cc(Cl)cc2[nH]ccc12. The van der Waals surface area contributed by atoms with Crippen molar-refractivity contribution in [1.82, 2.24) is 4.98 Å². The van der Waals surface area contributed by atoms with Crippen LogP contribution < -0.4 is 5.32 Å². The van der Waals surface area contributed by atoms with Crippen molar-refractivity contribution < 1.29 is 4.79 Å². The number of hydrogen-bond donors (Lipinski definition) is 2. The van der Waals surface area contributed by atoms with E-state index in [4.69, 9.17) is 11.6 Å². The molecule has 3 nitrogen and oxygen atoms in total. The van der Waals surface area contributed by atoms with E-state index < -0.39 is 0 Å². The average molecular weight is 209 g/mol. The predicted octanol–water partition coefficient (Wildman–Crippen LogP) is 2.78. The Bertz CT molecular complexity index is 490. The molecule has 72 valence electrons. The molecule has 1 aromatic heterocycles. The first-order chi connectivity index (χ1) is 6.66. The monoisotopic (exact) mass is 208 g/mol. The zero-order valence-corrected chi connectivity index (χ0v) is 8.35. The second kappa shape index (κ2) is 3.35. The summed E-state index contributed by atoms with van der Waals surface area (Å²) in [6.07, 6.45) is 1.81. The Balaban J connectivity index is 2.60. The molecule has 2 rings (SSSR count). The van der Waals surface area contributed by atoms with Gasteiger partial charge in [-0.15, -0.1) is 0 Å². The fourth-order valence-corrected chi connectivity index (χ4v) is 1.64. The number of carbonyl (C=O) groups is 1. The number of benzene rings is 1. The van der Waals surface area contributed by atoms with Crippen LogP contribution in [0.15, 0.2) is 24.4 Å². The van der Waals surface area contributed by atoms with Crippen LogP contribution in [0, 0.1) is 0 Å². The summed E-state index contributed by atoms with van der Waals surface area (Å²) in [6.45, 7) is 1.47. The highest BCUT2D eigenvalue weighted by molar-refractivity contribution is 6.32. The smallest absolute Gasteiger partial charge is 0.221 e. The summed E-state index contributed by atoms with van der Waals surface area (Å²) >= 11 is 5.89. The van der Waals surface area contributed by atoms with Crippen LogP contribution in [0.4, 0.5) is 5.69 Å². The lowest BCUT2D eigenvalue weighted by Crippen LogP contribution is -2.05. The molecule has 0 unspecified atom stereocenters. The second-order valence-corrected chi connectivity index (χ2v) is 3.51. The molecule has 2 N–H and O–H groups in total. The molecule has 0 saturated heterocycles. The third-order valence-corrected chi connectivity index (χ3v) is 2.16. The largest absolute Gasteiger partial charge is 0.361 e. The molecule has 0 bridgehead atoms. The number of hydrogen-bond acceptors (Lipinski definition) is 1. The molecule has 0 radical (unpaired) electrons. The topological polar surface area (TPSA) is 44.9 Å². The molecule has 0 aliphatic heterocycles. The normalized spacial score (nSPS) is 10.4. The molecule has 0 aliphatic carbocycles. The Hall–Kier alpha value is -1.48. The van der Waals surface area contributed by atoms with Gasteiger partial charge in [0, 0.05) is 29.0 Å². The lowest BCUT2D eigenvalue weighted by Gasteiger charge is -2.04. The second-order valence-electron chi connectivity index (χ2n) is 3.07. The van der Waals surface area contributed by atoms with Gasteiger partial charge in [0.25, 0.3) is 0 Å². The van der Waals surface area contributed by atoms with Crippen LogP contribution in [-0.4, -0.2) is 10.9 Å². The number of anilines is 1. The maximum atomic E-state index is 10.9. The van der Waals surface area contributed by atoms with Gasteiger partial charge in [0.2, 0.25) is 5.91 Å². The molecular weight excluding hydrogens is 200 g/mol. The van der Waals surface area contributed by atoms with Gasteiger partial charge in [-0.05, 0) is 18.2 Å². The quantitative estimate of drug-likeness (QED) is 0.744. The van der Waals surface area contributed by atoms with Gasteiger partial charge in [0.1, 0.15) is 0 Å². The van der Waals surface area contributed by atoms with Crippen molar-refractivity contribution in [1.29, 1.82) is 0 Å². The fraction of sp³-hybridized carbons (Fsp3) is 0.100. The van der Waals surface area contributed by atoms with Crippen LogP contribution in [0.3, 0.4) is 0 Å². The fourth-order valence-electron chi connectivity index (χ4n) is 1.42. The molecule has 0 aliphatic rings. The van der Waals surface area contributed by atoms with E-state index >= 15 is 0 Å². The molecule has 2 aromatic rings. The summed E-state index contributed by atoms with van der Waals surface area (Å²) in [5.74, 6) is -0.102. The van der Waals surface area contributed by atoms with Crippen molar-refractivity contribution in [3.05, 3.63) is 29.4 Å².